The van der Waals surface area contributed by atoms with Crippen molar-refractivity contribution in [2.75, 3.05) is 20.8 Å². The summed E-state index contributed by atoms with van der Waals surface area (Å²) in [4.78, 5) is 25.0. The monoisotopic (exact) mass is 344 g/mol. The zero-order valence-corrected chi connectivity index (χ0v) is 15.2. The number of carbonyl (C=O) groups excluding carboxylic acids is 2. The highest BCUT2D eigenvalue weighted by Crippen LogP contribution is 2.28. The molecule has 0 amide bonds. The van der Waals surface area contributed by atoms with Crippen molar-refractivity contribution in [3.05, 3.63) is 52.5 Å². The molecule has 1 aliphatic rings. The summed E-state index contributed by atoms with van der Waals surface area (Å²) >= 11 is 0. The Morgan fingerprint density at radius 3 is 2.08 bits per heavy atom. The Morgan fingerprint density at radius 1 is 0.920 bits per heavy atom. The van der Waals surface area contributed by atoms with E-state index in [2.05, 4.69) is 6.92 Å². The quantitative estimate of drug-likeness (QED) is 0.534. The van der Waals surface area contributed by atoms with E-state index in [4.69, 9.17) is 14.2 Å². The fraction of sp³-hybridized carbons (Fsp3) is 0.400. The van der Waals surface area contributed by atoms with Crippen LogP contribution in [0.1, 0.15) is 32.3 Å². The van der Waals surface area contributed by atoms with Crippen molar-refractivity contribution < 1.29 is 23.8 Å². The van der Waals surface area contributed by atoms with Crippen LogP contribution in [-0.4, -0.2) is 32.4 Å². The van der Waals surface area contributed by atoms with Gasteiger partial charge in [-0.05, 0) is 31.0 Å². The van der Waals surface area contributed by atoms with Crippen LogP contribution in [0.25, 0.3) is 0 Å². The van der Waals surface area contributed by atoms with Gasteiger partial charge in [0, 0.05) is 17.6 Å². The van der Waals surface area contributed by atoms with Gasteiger partial charge in [-0.2, -0.15) is 0 Å². The third-order valence-electron chi connectivity index (χ3n) is 4.17. The van der Waals surface area contributed by atoms with E-state index in [0.717, 1.165) is 24.2 Å². The molecular formula is C20H24O5. The zero-order valence-electron chi connectivity index (χ0n) is 15.2. The summed E-state index contributed by atoms with van der Waals surface area (Å²) in [5, 5.41) is 0. The zero-order chi connectivity index (χ0) is 18.4. The topological polar surface area (TPSA) is 61.8 Å². The minimum Gasteiger partial charge on any atom is -0.494 e. The first-order valence-electron chi connectivity index (χ1n) is 8.36. The van der Waals surface area contributed by atoms with Crippen LogP contribution < -0.4 is 4.74 Å². The van der Waals surface area contributed by atoms with Crippen molar-refractivity contribution >= 4 is 11.6 Å². The molecule has 0 saturated heterocycles. The van der Waals surface area contributed by atoms with Gasteiger partial charge in [0.2, 0.25) is 23.1 Å². The lowest BCUT2D eigenvalue weighted by Crippen LogP contribution is -2.25. The number of carbonyl (C=O) groups is 2. The van der Waals surface area contributed by atoms with Crippen molar-refractivity contribution in [2.45, 2.75) is 33.1 Å². The first kappa shape index (κ1) is 18.8. The van der Waals surface area contributed by atoms with Crippen LogP contribution in [0.4, 0.5) is 0 Å². The summed E-state index contributed by atoms with van der Waals surface area (Å²) in [7, 11) is 2.72. The van der Waals surface area contributed by atoms with Gasteiger partial charge in [-0.15, -0.1) is 0 Å². The van der Waals surface area contributed by atoms with Crippen molar-refractivity contribution in [3.8, 4) is 5.75 Å². The fourth-order valence-corrected chi connectivity index (χ4v) is 2.65. The average Bonchev–Trinajstić information content (AvgIpc) is 2.63. The van der Waals surface area contributed by atoms with E-state index >= 15 is 0 Å². The number of Topliss-reactive ketones (excluding diaryl/α,β-unsaturated/α-hetero) is 2. The van der Waals surface area contributed by atoms with Crippen LogP contribution in [0.5, 0.6) is 5.75 Å². The van der Waals surface area contributed by atoms with E-state index in [1.165, 1.54) is 14.2 Å². The fourth-order valence-electron chi connectivity index (χ4n) is 2.65. The van der Waals surface area contributed by atoms with Gasteiger partial charge in [-0.1, -0.05) is 25.5 Å². The lowest BCUT2D eigenvalue weighted by molar-refractivity contribution is -0.121. The van der Waals surface area contributed by atoms with Gasteiger partial charge in [0.1, 0.15) is 5.75 Å². The van der Waals surface area contributed by atoms with Crippen molar-refractivity contribution in [1.29, 1.82) is 0 Å². The summed E-state index contributed by atoms with van der Waals surface area (Å²) in [6.45, 7) is 4.45. The lowest BCUT2D eigenvalue weighted by Gasteiger charge is -2.20. The van der Waals surface area contributed by atoms with Gasteiger partial charge >= 0.3 is 0 Å². The molecule has 0 spiro atoms. The largest absolute Gasteiger partial charge is 0.494 e. The highest BCUT2D eigenvalue weighted by molar-refractivity contribution is 6.23. The van der Waals surface area contributed by atoms with E-state index in [9.17, 15) is 9.59 Å². The molecule has 1 aliphatic carbocycles. The Balaban J connectivity index is 2.18. The first-order valence-corrected chi connectivity index (χ1v) is 8.36. The maximum Gasteiger partial charge on any atom is 0.228 e. The van der Waals surface area contributed by atoms with Gasteiger partial charge in [-0.3, -0.25) is 9.59 Å². The van der Waals surface area contributed by atoms with Crippen LogP contribution in [-0.2, 0) is 25.5 Å². The number of rotatable bonds is 8. The Hall–Kier alpha value is -2.56. The van der Waals surface area contributed by atoms with Crippen molar-refractivity contribution in [3.63, 3.8) is 0 Å². The van der Waals surface area contributed by atoms with E-state index < -0.39 is 0 Å². The Labute approximate surface area is 148 Å². The maximum atomic E-state index is 12.6. The summed E-state index contributed by atoms with van der Waals surface area (Å²) in [5.41, 5.74) is 1.75. The SMILES string of the molecule is CCCCOc1ccc(CC2=C(C)C(=O)C(OC)=C(OC)C2=O)cc1. The number of methoxy groups -OCH3 is 2. The second-order valence-corrected chi connectivity index (χ2v) is 5.85. The molecule has 5 heteroatoms. The predicted molar refractivity (Wildman–Crippen MR) is 94.3 cm³/mol. The maximum absolute atomic E-state index is 12.6. The Bertz CT molecular complexity index is 710. The number of allylic oxidation sites excluding steroid dienone is 2. The summed E-state index contributed by atoms with van der Waals surface area (Å²) in [6.07, 6.45) is 2.45. The minimum absolute atomic E-state index is 0.0339. The molecule has 2 rings (SSSR count). The summed E-state index contributed by atoms with van der Waals surface area (Å²) < 4.78 is 15.8. The van der Waals surface area contributed by atoms with E-state index in [0.29, 0.717) is 24.2 Å². The molecule has 0 aliphatic heterocycles. The first-order chi connectivity index (χ1) is 12.0. The Morgan fingerprint density at radius 2 is 1.52 bits per heavy atom. The number of unbranched alkanes of at least 4 members (excludes halogenated alkanes) is 1. The summed E-state index contributed by atoms with van der Waals surface area (Å²) in [5.74, 6) is 0.113. The van der Waals surface area contributed by atoms with Gasteiger partial charge in [-0.25, -0.2) is 0 Å². The number of benzene rings is 1. The normalized spacial score (nSPS) is 14.9. The number of ketones is 2. The number of hydrogen-bond donors (Lipinski definition) is 0. The molecule has 0 bridgehead atoms. The highest BCUT2D eigenvalue weighted by Gasteiger charge is 2.34. The standard InChI is InChI=1S/C20H24O5/c1-5-6-11-25-15-9-7-14(8-10-15)12-16-13(2)17(21)19(23-3)20(24-4)18(16)22/h7-10H,5-6,11-12H2,1-4H3. The van der Waals surface area contributed by atoms with E-state index in [1.54, 1.807) is 6.92 Å². The third kappa shape index (κ3) is 4.10. The van der Waals surface area contributed by atoms with E-state index in [1.807, 2.05) is 24.3 Å². The predicted octanol–water partition coefficient (Wildman–Crippen LogP) is 3.38. The van der Waals surface area contributed by atoms with Crippen LogP contribution in [0, 0.1) is 0 Å². The molecule has 0 aromatic heterocycles. The molecule has 25 heavy (non-hydrogen) atoms. The molecule has 0 saturated carbocycles. The summed E-state index contributed by atoms with van der Waals surface area (Å²) in [6, 6.07) is 7.57. The molecule has 0 atom stereocenters. The van der Waals surface area contributed by atoms with Gasteiger partial charge in [0.05, 0.1) is 20.8 Å². The Kier molecular flexibility index (Phi) is 6.39. The van der Waals surface area contributed by atoms with Gasteiger partial charge < -0.3 is 14.2 Å². The molecular weight excluding hydrogens is 320 g/mol. The minimum atomic E-state index is -0.312. The van der Waals surface area contributed by atoms with Crippen LogP contribution in [0.15, 0.2) is 46.9 Å². The third-order valence-corrected chi connectivity index (χ3v) is 4.17. The molecule has 5 nitrogen and oxygen atoms in total. The van der Waals surface area contributed by atoms with Crippen molar-refractivity contribution in [1.82, 2.24) is 0 Å². The van der Waals surface area contributed by atoms with Crippen LogP contribution >= 0.6 is 0 Å². The molecule has 0 heterocycles. The average molecular weight is 344 g/mol. The van der Waals surface area contributed by atoms with Gasteiger partial charge in [0.15, 0.2) is 0 Å². The van der Waals surface area contributed by atoms with Crippen LogP contribution in [0.2, 0.25) is 0 Å². The smallest absolute Gasteiger partial charge is 0.228 e. The molecule has 0 fully saturated rings. The second-order valence-electron chi connectivity index (χ2n) is 5.85. The second kappa shape index (κ2) is 8.51. The number of hydrogen-bond acceptors (Lipinski definition) is 5. The van der Waals surface area contributed by atoms with Crippen molar-refractivity contribution in [2.24, 2.45) is 0 Å². The van der Waals surface area contributed by atoms with Gasteiger partial charge in [0.25, 0.3) is 0 Å². The molecule has 0 N–H and O–H groups in total. The molecule has 0 radical (unpaired) electrons. The molecule has 0 unspecified atom stereocenters. The van der Waals surface area contributed by atoms with E-state index in [-0.39, 0.29) is 23.1 Å². The number of ether oxygens (including phenoxy) is 3. The highest BCUT2D eigenvalue weighted by atomic mass is 16.5. The molecule has 1 aromatic rings. The molecule has 1 aromatic carbocycles. The lowest BCUT2D eigenvalue weighted by atomic mass is 9.89. The molecule has 134 valence electrons. The van der Waals surface area contributed by atoms with Crippen LogP contribution in [0.3, 0.4) is 0 Å².